The highest BCUT2D eigenvalue weighted by atomic mass is 32.2. The van der Waals surface area contributed by atoms with Crippen molar-refractivity contribution in [2.75, 3.05) is 19.3 Å². The molecule has 112 valence electrons. The van der Waals surface area contributed by atoms with Crippen LogP contribution in [0.25, 0.3) is 0 Å². The van der Waals surface area contributed by atoms with Crippen molar-refractivity contribution < 1.29 is 13.2 Å². The van der Waals surface area contributed by atoms with Crippen molar-refractivity contribution in [2.45, 2.75) is 33.2 Å². The van der Waals surface area contributed by atoms with Crippen LogP contribution in [0.15, 0.2) is 0 Å². The lowest BCUT2D eigenvalue weighted by Crippen LogP contribution is -2.40. The zero-order chi connectivity index (χ0) is 14.9. The molecule has 0 spiro atoms. The molecule has 0 saturated carbocycles. The third-order valence-electron chi connectivity index (χ3n) is 3.94. The van der Waals surface area contributed by atoms with Crippen molar-refractivity contribution in [2.24, 2.45) is 5.92 Å². The van der Waals surface area contributed by atoms with Crippen LogP contribution >= 0.6 is 0 Å². The number of aromatic nitrogens is 2. The van der Waals surface area contributed by atoms with Gasteiger partial charge in [0.25, 0.3) is 0 Å². The first kappa shape index (κ1) is 15.2. The average Bonchev–Trinajstić information content (AvgIpc) is 2.63. The number of carbonyl (C=O) groups is 1. The van der Waals surface area contributed by atoms with E-state index in [1.807, 2.05) is 18.5 Å². The minimum absolute atomic E-state index is 0.246. The maximum Gasteiger partial charge on any atom is 0.211 e. The summed E-state index contributed by atoms with van der Waals surface area (Å²) in [6, 6.07) is 0. The molecule has 7 heteroatoms. The summed E-state index contributed by atoms with van der Waals surface area (Å²) in [7, 11) is -3.12. The predicted octanol–water partition coefficient (Wildman–Crippen LogP) is 0.984. The fourth-order valence-electron chi connectivity index (χ4n) is 2.78. The molecular weight excluding hydrogens is 278 g/mol. The van der Waals surface area contributed by atoms with Gasteiger partial charge in [0.2, 0.25) is 10.0 Å². The Kier molecular flexibility index (Phi) is 4.29. The molecule has 0 radical (unpaired) electrons. The maximum atomic E-state index is 11.6. The summed E-state index contributed by atoms with van der Waals surface area (Å²) in [5.74, 6) is 0.246. The normalized spacial score (nSPS) is 21.1. The number of hydrogen-bond acceptors (Lipinski definition) is 4. The van der Waals surface area contributed by atoms with Gasteiger partial charge in [-0.2, -0.15) is 5.10 Å². The van der Waals surface area contributed by atoms with Crippen LogP contribution < -0.4 is 0 Å². The summed E-state index contributed by atoms with van der Waals surface area (Å²) in [5.41, 5.74) is 2.23. The van der Waals surface area contributed by atoms with Gasteiger partial charge < -0.3 is 0 Å². The van der Waals surface area contributed by atoms with E-state index in [1.54, 1.807) is 0 Å². The number of rotatable bonds is 4. The van der Waals surface area contributed by atoms with Gasteiger partial charge in [0.15, 0.2) is 6.29 Å². The highest BCUT2D eigenvalue weighted by molar-refractivity contribution is 7.88. The van der Waals surface area contributed by atoms with Crippen LogP contribution in [0.3, 0.4) is 0 Å². The summed E-state index contributed by atoms with van der Waals surface area (Å²) < 4.78 is 26.6. The number of hydrogen-bond donors (Lipinski definition) is 0. The molecule has 0 aliphatic carbocycles. The molecule has 1 unspecified atom stereocenters. The second-order valence-electron chi connectivity index (χ2n) is 5.51. The van der Waals surface area contributed by atoms with E-state index in [0.717, 1.165) is 30.5 Å². The molecule has 6 nitrogen and oxygen atoms in total. The number of piperidine rings is 1. The monoisotopic (exact) mass is 299 g/mol. The van der Waals surface area contributed by atoms with Crippen molar-refractivity contribution in [1.82, 2.24) is 14.1 Å². The molecule has 0 aromatic carbocycles. The Morgan fingerprint density at radius 3 is 2.65 bits per heavy atom. The maximum absolute atomic E-state index is 11.6. The van der Waals surface area contributed by atoms with E-state index in [0.29, 0.717) is 25.2 Å². The molecule has 0 bridgehead atoms. The van der Waals surface area contributed by atoms with Crippen LogP contribution in [0.4, 0.5) is 0 Å². The van der Waals surface area contributed by atoms with E-state index in [-0.39, 0.29) is 5.92 Å². The van der Waals surface area contributed by atoms with Crippen LogP contribution in [0.5, 0.6) is 0 Å². The lowest BCUT2D eigenvalue weighted by atomic mass is 10.00. The molecule has 1 atom stereocenters. The third-order valence-corrected chi connectivity index (χ3v) is 5.21. The minimum Gasteiger partial charge on any atom is -0.298 e. The first-order valence-electron chi connectivity index (χ1n) is 6.77. The Morgan fingerprint density at radius 2 is 2.10 bits per heavy atom. The summed E-state index contributed by atoms with van der Waals surface area (Å²) in [4.78, 5) is 11.0. The van der Waals surface area contributed by atoms with Crippen LogP contribution in [0, 0.1) is 19.8 Å². The number of aryl methyl sites for hydroxylation is 1. The lowest BCUT2D eigenvalue weighted by molar-refractivity contribution is 0.112. The summed E-state index contributed by atoms with van der Waals surface area (Å²) in [6.45, 7) is 5.49. The van der Waals surface area contributed by atoms with Gasteiger partial charge >= 0.3 is 0 Å². The van der Waals surface area contributed by atoms with Gasteiger partial charge in [0.1, 0.15) is 0 Å². The number of sulfonamides is 1. The molecule has 2 heterocycles. The molecule has 1 aromatic rings. The second kappa shape index (κ2) is 5.65. The smallest absolute Gasteiger partial charge is 0.211 e. The van der Waals surface area contributed by atoms with E-state index in [9.17, 15) is 13.2 Å². The van der Waals surface area contributed by atoms with Gasteiger partial charge in [0, 0.05) is 25.3 Å². The van der Waals surface area contributed by atoms with Crippen molar-refractivity contribution >= 4 is 16.3 Å². The van der Waals surface area contributed by atoms with Gasteiger partial charge in [-0.1, -0.05) is 0 Å². The molecule has 1 fully saturated rings. The van der Waals surface area contributed by atoms with E-state index >= 15 is 0 Å². The van der Waals surface area contributed by atoms with Crippen LogP contribution in [0.1, 0.15) is 34.6 Å². The Balaban J connectivity index is 2.12. The Bertz CT molecular complexity index is 607. The molecule has 0 N–H and O–H groups in total. The number of carbonyl (C=O) groups excluding carboxylic acids is 1. The Morgan fingerprint density at radius 1 is 1.40 bits per heavy atom. The highest BCUT2D eigenvalue weighted by Crippen LogP contribution is 2.21. The molecule has 2 rings (SSSR count). The minimum atomic E-state index is -3.12. The first-order chi connectivity index (χ1) is 9.32. The second-order valence-corrected chi connectivity index (χ2v) is 7.50. The van der Waals surface area contributed by atoms with Gasteiger partial charge in [-0.25, -0.2) is 12.7 Å². The first-order valence-corrected chi connectivity index (χ1v) is 8.62. The van der Waals surface area contributed by atoms with E-state index in [1.165, 1.54) is 10.6 Å². The fraction of sp³-hybridized carbons (Fsp3) is 0.692. The third kappa shape index (κ3) is 3.09. The summed E-state index contributed by atoms with van der Waals surface area (Å²) in [6.07, 6.45) is 3.94. The van der Waals surface area contributed by atoms with Crippen LogP contribution in [-0.4, -0.2) is 48.1 Å². The molecule has 1 aromatic heterocycles. The zero-order valence-electron chi connectivity index (χ0n) is 12.2. The molecule has 20 heavy (non-hydrogen) atoms. The molecular formula is C13H21N3O3S. The SMILES string of the molecule is Cc1nn(CC2CCCN(S(C)(=O)=O)C2)c(C)c1C=O. The van der Waals surface area contributed by atoms with Crippen LogP contribution in [0.2, 0.25) is 0 Å². The van der Waals surface area contributed by atoms with Gasteiger partial charge in [-0.15, -0.1) is 0 Å². The fourth-order valence-corrected chi connectivity index (χ4v) is 3.72. The van der Waals surface area contributed by atoms with E-state index < -0.39 is 10.0 Å². The summed E-state index contributed by atoms with van der Waals surface area (Å²) in [5, 5.41) is 4.38. The van der Waals surface area contributed by atoms with E-state index in [2.05, 4.69) is 5.10 Å². The highest BCUT2D eigenvalue weighted by Gasteiger charge is 2.26. The van der Waals surface area contributed by atoms with Gasteiger partial charge in [-0.3, -0.25) is 9.48 Å². The quantitative estimate of drug-likeness (QED) is 0.777. The van der Waals surface area contributed by atoms with Crippen molar-refractivity contribution in [3.8, 4) is 0 Å². The lowest BCUT2D eigenvalue weighted by Gasteiger charge is -2.31. The Hall–Kier alpha value is -1.21. The average molecular weight is 299 g/mol. The van der Waals surface area contributed by atoms with E-state index in [4.69, 9.17) is 0 Å². The van der Waals surface area contributed by atoms with Gasteiger partial charge in [-0.05, 0) is 32.6 Å². The largest absolute Gasteiger partial charge is 0.298 e. The van der Waals surface area contributed by atoms with Crippen molar-refractivity contribution in [1.29, 1.82) is 0 Å². The number of nitrogens with zero attached hydrogens (tertiary/aromatic N) is 3. The molecule has 0 amide bonds. The number of aldehydes is 1. The standard InChI is InChI=1S/C13H21N3O3S/c1-10-13(9-17)11(2)16(14-10)8-12-5-4-6-15(7-12)20(3,18)19/h9,12H,4-8H2,1-3H3. The van der Waals surface area contributed by atoms with Crippen molar-refractivity contribution in [3.05, 3.63) is 17.0 Å². The predicted molar refractivity (Wildman–Crippen MR) is 76.2 cm³/mol. The summed E-state index contributed by atoms with van der Waals surface area (Å²) >= 11 is 0. The van der Waals surface area contributed by atoms with Gasteiger partial charge in [0.05, 0.1) is 17.5 Å². The topological polar surface area (TPSA) is 72.3 Å². The molecule has 1 aliphatic rings. The molecule has 1 aliphatic heterocycles. The Labute approximate surface area is 119 Å². The molecule has 1 saturated heterocycles. The zero-order valence-corrected chi connectivity index (χ0v) is 13.0. The van der Waals surface area contributed by atoms with Crippen molar-refractivity contribution in [3.63, 3.8) is 0 Å². The van der Waals surface area contributed by atoms with Crippen LogP contribution in [-0.2, 0) is 16.6 Å².